The first-order valence-electron chi connectivity index (χ1n) is 9.82. The molecule has 24 heavy (non-hydrogen) atoms. The highest BCUT2D eigenvalue weighted by Crippen LogP contribution is 2.34. The van der Waals surface area contributed by atoms with Crippen LogP contribution >= 0.6 is 0 Å². The summed E-state index contributed by atoms with van der Waals surface area (Å²) in [5, 5.41) is 7.33. The van der Waals surface area contributed by atoms with Crippen molar-refractivity contribution >= 4 is 5.91 Å². The van der Waals surface area contributed by atoms with Crippen LogP contribution in [-0.4, -0.2) is 57.6 Å². The maximum atomic E-state index is 12.9. The highest BCUT2D eigenvalue weighted by molar-refractivity contribution is 5.95. The van der Waals surface area contributed by atoms with E-state index in [1.807, 2.05) is 4.90 Å². The van der Waals surface area contributed by atoms with Crippen molar-refractivity contribution in [1.82, 2.24) is 20.0 Å². The van der Waals surface area contributed by atoms with Crippen molar-refractivity contribution in [3.63, 3.8) is 0 Å². The minimum absolute atomic E-state index is 0.185. The van der Waals surface area contributed by atoms with Crippen LogP contribution in [0.1, 0.15) is 80.3 Å². The van der Waals surface area contributed by atoms with Gasteiger partial charge in [-0.25, -0.2) is 0 Å². The Morgan fingerprint density at radius 3 is 2.62 bits per heavy atom. The van der Waals surface area contributed by atoms with E-state index in [1.54, 1.807) is 6.20 Å². The van der Waals surface area contributed by atoms with Crippen LogP contribution in [0.25, 0.3) is 0 Å². The maximum absolute atomic E-state index is 12.9. The lowest BCUT2D eigenvalue weighted by molar-refractivity contribution is 0.00203. The number of nitrogens with zero attached hydrogens (tertiary/aromatic N) is 3. The SMILES string of the molecule is C[C@H]1CCCCN1C1CN(C(=O)c2cn[nH]c2C2CCCCC2)C1. The molecule has 0 spiro atoms. The van der Waals surface area contributed by atoms with Crippen molar-refractivity contribution in [3.05, 3.63) is 17.5 Å². The van der Waals surface area contributed by atoms with Gasteiger partial charge in [-0.3, -0.25) is 14.8 Å². The molecular formula is C19H30N4O. The molecule has 0 aromatic carbocycles. The normalized spacial score (nSPS) is 27.2. The first kappa shape index (κ1) is 16.1. The van der Waals surface area contributed by atoms with Gasteiger partial charge in [0.15, 0.2) is 0 Å². The molecule has 1 saturated carbocycles. The second-order valence-corrected chi connectivity index (χ2v) is 7.98. The molecule has 1 N–H and O–H groups in total. The highest BCUT2D eigenvalue weighted by Gasteiger charge is 2.38. The Kier molecular flexibility index (Phi) is 4.61. The molecule has 1 amide bonds. The zero-order chi connectivity index (χ0) is 16.5. The smallest absolute Gasteiger partial charge is 0.257 e. The third-order valence-electron chi connectivity index (χ3n) is 6.39. The van der Waals surface area contributed by atoms with Crippen molar-refractivity contribution < 1.29 is 4.79 Å². The average molecular weight is 330 g/mol. The number of likely N-dealkylation sites (tertiary alicyclic amines) is 2. The molecule has 3 fully saturated rings. The minimum atomic E-state index is 0.185. The molecule has 0 unspecified atom stereocenters. The van der Waals surface area contributed by atoms with Gasteiger partial charge in [0.2, 0.25) is 0 Å². The van der Waals surface area contributed by atoms with E-state index in [0.29, 0.717) is 18.0 Å². The molecular weight excluding hydrogens is 300 g/mol. The fraction of sp³-hybridized carbons (Fsp3) is 0.789. The van der Waals surface area contributed by atoms with E-state index in [1.165, 1.54) is 57.9 Å². The second kappa shape index (κ2) is 6.87. The maximum Gasteiger partial charge on any atom is 0.257 e. The molecule has 1 aromatic rings. The number of carbonyl (C=O) groups is 1. The van der Waals surface area contributed by atoms with Crippen molar-refractivity contribution in [2.24, 2.45) is 0 Å². The number of aromatic amines is 1. The van der Waals surface area contributed by atoms with Crippen LogP contribution in [0.2, 0.25) is 0 Å². The van der Waals surface area contributed by atoms with Crippen LogP contribution in [0.15, 0.2) is 6.20 Å². The Balaban J connectivity index is 1.38. The van der Waals surface area contributed by atoms with Crippen LogP contribution in [0.4, 0.5) is 0 Å². The zero-order valence-corrected chi connectivity index (χ0v) is 14.8. The van der Waals surface area contributed by atoms with Crippen molar-refractivity contribution in [2.75, 3.05) is 19.6 Å². The summed E-state index contributed by atoms with van der Waals surface area (Å²) in [5.74, 6) is 0.685. The number of nitrogens with one attached hydrogen (secondary N) is 1. The van der Waals surface area contributed by atoms with Gasteiger partial charge in [-0.05, 0) is 39.2 Å². The predicted octanol–water partition coefficient (Wildman–Crippen LogP) is 3.16. The van der Waals surface area contributed by atoms with Crippen LogP contribution in [0.3, 0.4) is 0 Å². The summed E-state index contributed by atoms with van der Waals surface area (Å²) in [6.45, 7) is 5.31. The standard InChI is InChI=1S/C19H30N4O/c1-14-7-5-6-10-23(14)16-12-22(13-16)19(24)17-11-20-21-18(17)15-8-3-2-4-9-15/h11,14-16H,2-10,12-13H2,1H3,(H,20,21)/t14-/m0/s1. The van der Waals surface area contributed by atoms with E-state index in [2.05, 4.69) is 22.0 Å². The molecule has 1 aliphatic carbocycles. The van der Waals surface area contributed by atoms with Gasteiger partial charge in [0.1, 0.15) is 0 Å². The van der Waals surface area contributed by atoms with Gasteiger partial charge in [-0.15, -0.1) is 0 Å². The largest absolute Gasteiger partial charge is 0.335 e. The number of H-pyrrole nitrogens is 1. The zero-order valence-electron chi connectivity index (χ0n) is 14.8. The first-order chi connectivity index (χ1) is 11.7. The van der Waals surface area contributed by atoms with Crippen molar-refractivity contribution in [3.8, 4) is 0 Å². The van der Waals surface area contributed by atoms with E-state index in [9.17, 15) is 4.79 Å². The van der Waals surface area contributed by atoms with E-state index >= 15 is 0 Å². The summed E-state index contributed by atoms with van der Waals surface area (Å²) in [5.41, 5.74) is 1.92. The molecule has 1 aromatic heterocycles. The number of aromatic nitrogens is 2. The van der Waals surface area contributed by atoms with Crippen LogP contribution in [-0.2, 0) is 0 Å². The molecule has 0 bridgehead atoms. The summed E-state index contributed by atoms with van der Waals surface area (Å²) in [6.07, 6.45) is 12.0. The van der Waals surface area contributed by atoms with Gasteiger partial charge in [-0.2, -0.15) is 5.10 Å². The molecule has 3 aliphatic rings. The monoisotopic (exact) mass is 330 g/mol. The molecule has 5 nitrogen and oxygen atoms in total. The molecule has 2 saturated heterocycles. The third kappa shape index (κ3) is 2.99. The summed E-state index contributed by atoms with van der Waals surface area (Å²) in [6, 6.07) is 1.24. The molecule has 3 heterocycles. The molecule has 132 valence electrons. The van der Waals surface area contributed by atoms with Gasteiger partial charge < -0.3 is 4.90 Å². The minimum Gasteiger partial charge on any atom is -0.335 e. The van der Waals surface area contributed by atoms with Gasteiger partial charge in [0.25, 0.3) is 5.91 Å². The van der Waals surface area contributed by atoms with E-state index in [0.717, 1.165) is 24.3 Å². The predicted molar refractivity (Wildman–Crippen MR) is 94.1 cm³/mol. The topological polar surface area (TPSA) is 52.2 Å². The lowest BCUT2D eigenvalue weighted by Crippen LogP contribution is -2.63. The lowest BCUT2D eigenvalue weighted by atomic mass is 9.85. The van der Waals surface area contributed by atoms with E-state index in [4.69, 9.17) is 0 Å². The quantitative estimate of drug-likeness (QED) is 0.926. The molecule has 1 atom stereocenters. The summed E-state index contributed by atoms with van der Waals surface area (Å²) in [4.78, 5) is 17.5. The third-order valence-corrected chi connectivity index (χ3v) is 6.39. The Morgan fingerprint density at radius 1 is 1.12 bits per heavy atom. The van der Waals surface area contributed by atoms with E-state index in [-0.39, 0.29) is 5.91 Å². The summed E-state index contributed by atoms with van der Waals surface area (Å²) >= 11 is 0. The Morgan fingerprint density at radius 2 is 1.88 bits per heavy atom. The van der Waals surface area contributed by atoms with Crippen LogP contribution < -0.4 is 0 Å². The van der Waals surface area contributed by atoms with Gasteiger partial charge >= 0.3 is 0 Å². The fourth-order valence-electron chi connectivity index (χ4n) is 4.83. The number of piperidine rings is 1. The van der Waals surface area contributed by atoms with Gasteiger partial charge in [-0.1, -0.05) is 25.7 Å². The number of rotatable bonds is 3. The first-order valence-corrected chi connectivity index (χ1v) is 9.82. The summed E-state index contributed by atoms with van der Waals surface area (Å²) in [7, 11) is 0. The van der Waals surface area contributed by atoms with Crippen molar-refractivity contribution in [1.29, 1.82) is 0 Å². The lowest BCUT2D eigenvalue weighted by Gasteiger charge is -2.49. The molecule has 4 rings (SSSR count). The van der Waals surface area contributed by atoms with Crippen LogP contribution in [0.5, 0.6) is 0 Å². The number of carbonyl (C=O) groups excluding carboxylic acids is 1. The Labute approximate surface area is 144 Å². The Hall–Kier alpha value is -1.36. The molecule has 2 aliphatic heterocycles. The summed E-state index contributed by atoms with van der Waals surface area (Å²) < 4.78 is 0. The number of hydrogen-bond donors (Lipinski definition) is 1. The molecule has 0 radical (unpaired) electrons. The van der Waals surface area contributed by atoms with Crippen molar-refractivity contribution in [2.45, 2.75) is 76.3 Å². The second-order valence-electron chi connectivity index (χ2n) is 7.98. The highest BCUT2D eigenvalue weighted by atomic mass is 16.2. The fourth-order valence-corrected chi connectivity index (χ4v) is 4.83. The van der Waals surface area contributed by atoms with E-state index < -0.39 is 0 Å². The van der Waals surface area contributed by atoms with Gasteiger partial charge in [0, 0.05) is 31.1 Å². The number of amides is 1. The van der Waals surface area contributed by atoms with Gasteiger partial charge in [0.05, 0.1) is 17.5 Å². The number of hydrogen-bond acceptors (Lipinski definition) is 3. The molecule has 5 heteroatoms. The Bertz CT molecular complexity index is 572. The average Bonchev–Trinajstić information content (AvgIpc) is 3.05. The van der Waals surface area contributed by atoms with Crippen LogP contribution in [0, 0.1) is 0 Å².